The molecular formula is C15H17N3O5. The Morgan fingerprint density at radius 2 is 2.00 bits per heavy atom. The number of rotatable bonds is 3. The Labute approximate surface area is 132 Å². The Morgan fingerprint density at radius 1 is 1.30 bits per heavy atom. The van der Waals surface area contributed by atoms with E-state index in [0.717, 1.165) is 4.90 Å². The van der Waals surface area contributed by atoms with E-state index in [9.17, 15) is 14.4 Å². The molecule has 4 amide bonds. The summed E-state index contributed by atoms with van der Waals surface area (Å²) >= 11 is 0. The van der Waals surface area contributed by atoms with Crippen molar-refractivity contribution in [3.05, 3.63) is 23.8 Å². The zero-order valence-electron chi connectivity index (χ0n) is 13.1. The van der Waals surface area contributed by atoms with Crippen molar-refractivity contribution in [1.29, 1.82) is 0 Å². The number of fused-ring (bicyclic) bond motifs is 1. The van der Waals surface area contributed by atoms with E-state index in [2.05, 4.69) is 5.32 Å². The molecule has 8 heteroatoms. The predicted octanol–water partition coefficient (Wildman–Crippen LogP) is 0.270. The largest absolute Gasteiger partial charge is 0.454 e. The number of nitrogens with one attached hydrogen (secondary N) is 1. The summed E-state index contributed by atoms with van der Waals surface area (Å²) in [5, 5.41) is 2.65. The maximum atomic E-state index is 12.7. The number of nitrogens with zero attached hydrogens (tertiary/aromatic N) is 2. The zero-order valence-corrected chi connectivity index (χ0v) is 13.1. The van der Waals surface area contributed by atoms with Gasteiger partial charge in [0, 0.05) is 14.1 Å². The van der Waals surface area contributed by atoms with Gasteiger partial charge in [-0.2, -0.15) is 0 Å². The van der Waals surface area contributed by atoms with Crippen LogP contribution in [0, 0.1) is 0 Å². The number of hydrogen-bond acceptors (Lipinski definition) is 5. The third-order valence-corrected chi connectivity index (χ3v) is 4.02. The third kappa shape index (κ3) is 2.36. The highest BCUT2D eigenvalue weighted by Gasteiger charge is 2.50. The molecule has 2 heterocycles. The molecule has 1 atom stereocenters. The number of imide groups is 1. The molecule has 1 fully saturated rings. The van der Waals surface area contributed by atoms with E-state index >= 15 is 0 Å². The Bertz CT molecular complexity index is 702. The van der Waals surface area contributed by atoms with Crippen LogP contribution in [0.1, 0.15) is 12.5 Å². The minimum atomic E-state index is -1.25. The molecule has 23 heavy (non-hydrogen) atoms. The van der Waals surface area contributed by atoms with Crippen LogP contribution in [-0.4, -0.2) is 55.1 Å². The van der Waals surface area contributed by atoms with Crippen molar-refractivity contribution in [2.45, 2.75) is 12.5 Å². The maximum absolute atomic E-state index is 12.7. The summed E-state index contributed by atoms with van der Waals surface area (Å²) in [5.41, 5.74) is -0.676. The molecule has 0 spiro atoms. The number of amides is 4. The van der Waals surface area contributed by atoms with Gasteiger partial charge < -0.3 is 19.7 Å². The fraction of sp³-hybridized carbons (Fsp3) is 0.400. The molecule has 0 unspecified atom stereocenters. The van der Waals surface area contributed by atoms with E-state index in [1.165, 1.54) is 4.90 Å². The Hall–Kier alpha value is -2.77. The van der Waals surface area contributed by atoms with E-state index in [4.69, 9.17) is 9.47 Å². The number of benzene rings is 1. The van der Waals surface area contributed by atoms with Crippen molar-refractivity contribution in [2.24, 2.45) is 0 Å². The van der Waals surface area contributed by atoms with Gasteiger partial charge in [-0.1, -0.05) is 6.07 Å². The summed E-state index contributed by atoms with van der Waals surface area (Å²) in [6.07, 6.45) is 0. The van der Waals surface area contributed by atoms with Crippen LogP contribution in [0.3, 0.4) is 0 Å². The van der Waals surface area contributed by atoms with Gasteiger partial charge in [-0.15, -0.1) is 0 Å². The summed E-state index contributed by atoms with van der Waals surface area (Å²) in [7, 11) is 3.13. The lowest BCUT2D eigenvalue weighted by molar-refractivity contribution is -0.137. The normalized spacial score (nSPS) is 22.3. The molecule has 0 radical (unpaired) electrons. The van der Waals surface area contributed by atoms with Gasteiger partial charge in [-0.05, 0) is 24.6 Å². The van der Waals surface area contributed by atoms with Gasteiger partial charge in [0.05, 0.1) is 0 Å². The molecule has 1 N–H and O–H groups in total. The van der Waals surface area contributed by atoms with Crippen LogP contribution in [0.4, 0.5) is 4.79 Å². The predicted molar refractivity (Wildman–Crippen MR) is 78.9 cm³/mol. The minimum absolute atomic E-state index is 0.124. The molecule has 0 aliphatic carbocycles. The second-order valence-electron chi connectivity index (χ2n) is 5.80. The number of ether oxygens (including phenoxy) is 2. The van der Waals surface area contributed by atoms with E-state index in [0.29, 0.717) is 17.1 Å². The first-order valence-electron chi connectivity index (χ1n) is 7.07. The lowest BCUT2D eigenvalue weighted by Gasteiger charge is -2.22. The van der Waals surface area contributed by atoms with Crippen molar-refractivity contribution in [3.8, 4) is 11.5 Å². The van der Waals surface area contributed by atoms with Gasteiger partial charge in [0.2, 0.25) is 12.7 Å². The van der Waals surface area contributed by atoms with E-state index < -0.39 is 17.5 Å². The van der Waals surface area contributed by atoms with Crippen LogP contribution < -0.4 is 14.8 Å². The van der Waals surface area contributed by atoms with Crippen LogP contribution in [0.5, 0.6) is 11.5 Å². The van der Waals surface area contributed by atoms with Gasteiger partial charge in [0.15, 0.2) is 11.5 Å². The summed E-state index contributed by atoms with van der Waals surface area (Å²) in [6.45, 7) is 1.43. The topological polar surface area (TPSA) is 88.2 Å². The molecule has 1 aromatic carbocycles. The molecule has 2 aliphatic rings. The van der Waals surface area contributed by atoms with Crippen molar-refractivity contribution in [2.75, 3.05) is 27.4 Å². The van der Waals surface area contributed by atoms with Crippen molar-refractivity contribution in [1.82, 2.24) is 15.1 Å². The summed E-state index contributed by atoms with van der Waals surface area (Å²) in [5.74, 6) is 0.308. The van der Waals surface area contributed by atoms with E-state index in [1.807, 2.05) is 0 Å². The van der Waals surface area contributed by atoms with Crippen molar-refractivity contribution in [3.63, 3.8) is 0 Å². The van der Waals surface area contributed by atoms with Crippen LogP contribution >= 0.6 is 0 Å². The molecule has 1 saturated heterocycles. The Morgan fingerprint density at radius 3 is 2.70 bits per heavy atom. The first-order chi connectivity index (χ1) is 10.8. The second kappa shape index (κ2) is 5.15. The maximum Gasteiger partial charge on any atom is 0.325 e. The summed E-state index contributed by atoms with van der Waals surface area (Å²) in [4.78, 5) is 38.9. The first kappa shape index (κ1) is 15.1. The smallest absolute Gasteiger partial charge is 0.325 e. The lowest BCUT2D eigenvalue weighted by atomic mass is 9.91. The van der Waals surface area contributed by atoms with Crippen molar-refractivity contribution >= 4 is 17.8 Å². The quantitative estimate of drug-likeness (QED) is 0.808. The summed E-state index contributed by atoms with van der Waals surface area (Å²) in [6, 6.07) is 4.46. The third-order valence-electron chi connectivity index (χ3n) is 4.02. The van der Waals surface area contributed by atoms with Gasteiger partial charge in [0.1, 0.15) is 12.1 Å². The number of carbonyl (C=O) groups is 3. The Balaban J connectivity index is 1.89. The molecule has 1 aromatic rings. The zero-order chi connectivity index (χ0) is 16.8. The minimum Gasteiger partial charge on any atom is -0.454 e. The first-order valence-corrected chi connectivity index (χ1v) is 7.07. The fourth-order valence-electron chi connectivity index (χ4n) is 2.52. The number of carbonyl (C=O) groups excluding carboxylic acids is 3. The molecule has 2 aliphatic heterocycles. The van der Waals surface area contributed by atoms with Crippen LogP contribution in [-0.2, 0) is 15.1 Å². The molecule has 122 valence electrons. The average Bonchev–Trinajstić information content (AvgIpc) is 3.05. The van der Waals surface area contributed by atoms with Gasteiger partial charge in [-0.3, -0.25) is 14.5 Å². The van der Waals surface area contributed by atoms with Crippen molar-refractivity contribution < 1.29 is 23.9 Å². The van der Waals surface area contributed by atoms with Crippen LogP contribution in [0.15, 0.2) is 18.2 Å². The number of likely N-dealkylation sites (N-methyl/N-ethyl adjacent to an activating group) is 1. The SMILES string of the molecule is CN(C)C(=O)CN1C(=O)N[C@](C)(c2ccc3c(c2)OCO3)C1=O. The fourth-order valence-corrected chi connectivity index (χ4v) is 2.52. The number of urea groups is 1. The average molecular weight is 319 g/mol. The summed E-state index contributed by atoms with van der Waals surface area (Å²) < 4.78 is 10.5. The van der Waals surface area contributed by atoms with Gasteiger partial charge in [0.25, 0.3) is 5.91 Å². The van der Waals surface area contributed by atoms with Crippen LogP contribution in [0.2, 0.25) is 0 Å². The molecule has 3 rings (SSSR count). The van der Waals surface area contributed by atoms with E-state index in [1.54, 1.807) is 39.2 Å². The van der Waals surface area contributed by atoms with Crippen LogP contribution in [0.25, 0.3) is 0 Å². The van der Waals surface area contributed by atoms with E-state index in [-0.39, 0.29) is 19.2 Å². The van der Waals surface area contributed by atoms with Gasteiger partial charge in [-0.25, -0.2) is 4.79 Å². The highest BCUT2D eigenvalue weighted by Crippen LogP contribution is 2.37. The molecule has 0 bridgehead atoms. The second-order valence-corrected chi connectivity index (χ2v) is 5.80. The highest BCUT2D eigenvalue weighted by molar-refractivity contribution is 6.09. The standard InChI is InChI=1S/C15H17N3O5/c1-15(9-4-5-10-11(6-9)23-8-22-10)13(20)18(14(21)16-15)7-12(19)17(2)3/h4-6H,7-8H2,1-3H3,(H,16,21)/t15-/m1/s1. The molecular weight excluding hydrogens is 302 g/mol. The molecule has 0 saturated carbocycles. The van der Waals surface area contributed by atoms with Gasteiger partial charge >= 0.3 is 6.03 Å². The number of hydrogen-bond donors (Lipinski definition) is 1. The lowest BCUT2D eigenvalue weighted by Crippen LogP contribution is -2.43. The monoisotopic (exact) mass is 319 g/mol. The Kier molecular flexibility index (Phi) is 3.39. The molecule has 0 aromatic heterocycles. The highest BCUT2D eigenvalue weighted by atomic mass is 16.7. The molecule has 8 nitrogen and oxygen atoms in total.